The number of sulfone groups is 1. The molecule has 1 aromatic rings. The Morgan fingerprint density at radius 3 is 2.44 bits per heavy atom. The fraction of sp³-hybridized carbons (Fsp3) is 0.273. The summed E-state index contributed by atoms with van der Waals surface area (Å²) in [6.45, 7) is 0.329. The van der Waals surface area contributed by atoms with E-state index in [0.29, 0.717) is 26.9 Å². The minimum Gasteiger partial charge on any atom is -0.304 e. The van der Waals surface area contributed by atoms with E-state index in [1.165, 1.54) is 0 Å². The number of nitrogens with zero attached hydrogens (tertiary/aromatic N) is 1. The van der Waals surface area contributed by atoms with Crippen molar-refractivity contribution in [2.45, 2.75) is 4.90 Å². The molecule has 1 aromatic carbocycles. The van der Waals surface area contributed by atoms with Gasteiger partial charge in [0, 0.05) is 12.1 Å². The molecular weight excluding hydrogens is 246 g/mol. The predicted octanol–water partition coefficient (Wildman–Crippen LogP) is 1.94. The molecule has 5 heteroatoms. The topological polar surface area (TPSA) is 37.4 Å². The molecule has 0 fully saturated rings. The van der Waals surface area contributed by atoms with Crippen LogP contribution in [-0.4, -0.2) is 34.0 Å². The molecule has 0 saturated heterocycles. The maximum absolute atomic E-state index is 12.2. The molecule has 86 valence electrons. The van der Waals surface area contributed by atoms with Crippen molar-refractivity contribution >= 4 is 26.5 Å². The van der Waals surface area contributed by atoms with Gasteiger partial charge in [0.25, 0.3) is 0 Å². The molecule has 1 aliphatic rings. The summed E-state index contributed by atoms with van der Waals surface area (Å²) < 4.78 is 24.3. The zero-order chi connectivity index (χ0) is 11.9. The molecule has 0 unspecified atom stereocenters. The largest absolute Gasteiger partial charge is 0.304 e. The number of rotatable bonds is 2. The summed E-state index contributed by atoms with van der Waals surface area (Å²) in [5, 5.41) is 0.351. The molecule has 1 aliphatic heterocycles. The SMILES string of the molecule is CN(C)CC1=C(Cl)c2ccccc2S1(=O)=O. The Hall–Kier alpha value is -0.840. The van der Waals surface area contributed by atoms with E-state index >= 15 is 0 Å². The highest BCUT2D eigenvalue weighted by Crippen LogP contribution is 2.41. The van der Waals surface area contributed by atoms with E-state index in [9.17, 15) is 8.42 Å². The normalized spacial score (nSPS) is 18.0. The van der Waals surface area contributed by atoms with Crippen molar-refractivity contribution in [2.24, 2.45) is 0 Å². The first-order chi connectivity index (χ1) is 7.44. The van der Waals surface area contributed by atoms with Crippen molar-refractivity contribution in [2.75, 3.05) is 20.6 Å². The highest BCUT2D eigenvalue weighted by molar-refractivity contribution is 7.96. The first kappa shape index (κ1) is 11.6. The monoisotopic (exact) mass is 257 g/mol. The van der Waals surface area contributed by atoms with Gasteiger partial charge in [-0.05, 0) is 20.2 Å². The molecule has 3 nitrogen and oxygen atoms in total. The number of fused-ring (bicyclic) bond motifs is 1. The zero-order valence-electron chi connectivity index (χ0n) is 9.07. The third-order valence-electron chi connectivity index (χ3n) is 2.44. The predicted molar refractivity (Wildman–Crippen MR) is 65.0 cm³/mol. The summed E-state index contributed by atoms with van der Waals surface area (Å²) in [5.41, 5.74) is 0.612. The van der Waals surface area contributed by atoms with Crippen LogP contribution in [0.1, 0.15) is 5.56 Å². The van der Waals surface area contributed by atoms with Crippen molar-refractivity contribution in [3.63, 3.8) is 0 Å². The molecule has 0 N–H and O–H groups in total. The molecule has 0 saturated carbocycles. The number of halogens is 1. The van der Waals surface area contributed by atoms with Crippen LogP contribution in [0.15, 0.2) is 34.1 Å². The van der Waals surface area contributed by atoms with E-state index < -0.39 is 9.84 Å². The molecule has 0 radical (unpaired) electrons. The highest BCUT2D eigenvalue weighted by atomic mass is 35.5. The molecular formula is C11H12ClNO2S. The van der Waals surface area contributed by atoms with Gasteiger partial charge in [-0.25, -0.2) is 8.42 Å². The van der Waals surface area contributed by atoms with E-state index in [4.69, 9.17) is 11.6 Å². The molecule has 0 atom stereocenters. The number of likely N-dealkylation sites (N-methyl/N-ethyl adjacent to an activating group) is 1. The fourth-order valence-electron chi connectivity index (χ4n) is 1.72. The Kier molecular flexibility index (Phi) is 2.82. The van der Waals surface area contributed by atoms with E-state index in [0.717, 1.165) is 0 Å². The Bertz CT molecular complexity index is 561. The Morgan fingerprint density at radius 2 is 1.88 bits per heavy atom. The number of benzene rings is 1. The lowest BCUT2D eigenvalue weighted by molar-refractivity contribution is 0.451. The van der Waals surface area contributed by atoms with Gasteiger partial charge in [-0.1, -0.05) is 29.8 Å². The summed E-state index contributed by atoms with van der Waals surface area (Å²) >= 11 is 6.11. The van der Waals surface area contributed by atoms with Crippen LogP contribution in [0.3, 0.4) is 0 Å². The second kappa shape index (κ2) is 3.87. The van der Waals surface area contributed by atoms with E-state index in [1.807, 2.05) is 14.1 Å². The lowest BCUT2D eigenvalue weighted by Gasteiger charge is -2.10. The summed E-state index contributed by atoms with van der Waals surface area (Å²) in [6.07, 6.45) is 0. The van der Waals surface area contributed by atoms with Crippen molar-refractivity contribution < 1.29 is 8.42 Å². The molecule has 0 aromatic heterocycles. The molecule has 0 bridgehead atoms. The Morgan fingerprint density at radius 1 is 1.25 bits per heavy atom. The van der Waals surface area contributed by atoms with Gasteiger partial charge in [-0.3, -0.25) is 0 Å². The van der Waals surface area contributed by atoms with Crippen LogP contribution in [0.25, 0.3) is 5.03 Å². The second-order valence-corrected chi connectivity index (χ2v) is 6.29. The minimum atomic E-state index is -3.38. The molecule has 0 aliphatic carbocycles. The quantitative estimate of drug-likeness (QED) is 0.813. The smallest absolute Gasteiger partial charge is 0.206 e. The van der Waals surface area contributed by atoms with Crippen molar-refractivity contribution in [3.8, 4) is 0 Å². The van der Waals surface area contributed by atoms with E-state index in [2.05, 4.69) is 0 Å². The van der Waals surface area contributed by atoms with Gasteiger partial charge in [0.15, 0.2) is 0 Å². The average molecular weight is 258 g/mol. The van der Waals surface area contributed by atoms with Crippen LogP contribution < -0.4 is 0 Å². The van der Waals surface area contributed by atoms with Crippen molar-refractivity contribution in [1.82, 2.24) is 4.90 Å². The first-order valence-electron chi connectivity index (χ1n) is 4.82. The maximum atomic E-state index is 12.2. The van der Waals surface area contributed by atoms with E-state index in [-0.39, 0.29) is 0 Å². The average Bonchev–Trinajstić information content (AvgIpc) is 2.41. The van der Waals surface area contributed by atoms with Gasteiger partial charge in [-0.2, -0.15) is 0 Å². The van der Waals surface area contributed by atoms with Crippen LogP contribution in [-0.2, 0) is 9.84 Å². The summed E-state index contributed by atoms with van der Waals surface area (Å²) in [4.78, 5) is 2.40. The van der Waals surface area contributed by atoms with Crippen LogP contribution >= 0.6 is 11.6 Å². The molecule has 0 amide bonds. The van der Waals surface area contributed by atoms with Gasteiger partial charge in [0.1, 0.15) is 0 Å². The van der Waals surface area contributed by atoms with Gasteiger partial charge >= 0.3 is 0 Å². The standard InChI is InChI=1S/C11H12ClNO2S/c1-13(2)7-10-11(12)8-5-3-4-6-9(8)16(10,14)15/h3-6H,7H2,1-2H3. The molecule has 1 heterocycles. The summed E-state index contributed by atoms with van der Waals surface area (Å²) in [6, 6.07) is 6.82. The zero-order valence-corrected chi connectivity index (χ0v) is 10.6. The molecule has 16 heavy (non-hydrogen) atoms. The Balaban J connectivity index is 2.62. The third kappa shape index (κ3) is 1.67. The van der Waals surface area contributed by atoms with Crippen molar-refractivity contribution in [3.05, 3.63) is 34.7 Å². The van der Waals surface area contributed by atoms with Crippen LogP contribution in [0.5, 0.6) is 0 Å². The third-order valence-corrected chi connectivity index (χ3v) is 4.90. The van der Waals surface area contributed by atoms with Gasteiger partial charge in [0.05, 0.1) is 14.8 Å². The lowest BCUT2D eigenvalue weighted by Crippen LogP contribution is -2.18. The lowest BCUT2D eigenvalue weighted by atomic mass is 10.2. The minimum absolute atomic E-state index is 0.292. The van der Waals surface area contributed by atoms with E-state index in [1.54, 1.807) is 29.2 Å². The van der Waals surface area contributed by atoms with Gasteiger partial charge < -0.3 is 4.90 Å². The first-order valence-corrected chi connectivity index (χ1v) is 6.68. The van der Waals surface area contributed by atoms with Crippen LogP contribution in [0.4, 0.5) is 0 Å². The van der Waals surface area contributed by atoms with Crippen molar-refractivity contribution in [1.29, 1.82) is 0 Å². The van der Waals surface area contributed by atoms with Gasteiger partial charge in [-0.15, -0.1) is 0 Å². The van der Waals surface area contributed by atoms with Crippen LogP contribution in [0, 0.1) is 0 Å². The molecule has 2 rings (SSSR count). The maximum Gasteiger partial charge on any atom is 0.206 e. The second-order valence-electron chi connectivity index (χ2n) is 3.97. The summed E-state index contributed by atoms with van der Waals surface area (Å²) in [5.74, 6) is 0. The fourth-order valence-corrected chi connectivity index (χ4v) is 4.07. The number of hydrogen-bond acceptors (Lipinski definition) is 3. The molecule has 0 spiro atoms. The highest BCUT2D eigenvalue weighted by Gasteiger charge is 2.34. The van der Waals surface area contributed by atoms with Gasteiger partial charge in [0.2, 0.25) is 9.84 Å². The van der Waals surface area contributed by atoms with Crippen LogP contribution in [0.2, 0.25) is 0 Å². The Labute approximate surface area is 100 Å². The number of hydrogen-bond donors (Lipinski definition) is 0. The summed E-state index contributed by atoms with van der Waals surface area (Å²) in [7, 11) is 0.246.